The lowest BCUT2D eigenvalue weighted by molar-refractivity contribution is -0.193. The quantitative estimate of drug-likeness (QED) is 0.305. The maximum atomic E-state index is 13.4. The topological polar surface area (TPSA) is 128 Å². The van der Waals surface area contributed by atoms with Crippen molar-refractivity contribution < 1.29 is 29.6 Å². The van der Waals surface area contributed by atoms with E-state index in [0.717, 1.165) is 4.57 Å². The fourth-order valence-electron chi connectivity index (χ4n) is 5.16. The molecule has 2 aliphatic heterocycles. The van der Waals surface area contributed by atoms with Crippen LogP contribution in [0.5, 0.6) is 11.5 Å². The number of amides is 2. The van der Waals surface area contributed by atoms with E-state index in [1.165, 1.54) is 32.4 Å². The molecule has 0 spiro atoms. The summed E-state index contributed by atoms with van der Waals surface area (Å²) >= 11 is 12.3. The minimum absolute atomic E-state index is 0.00544. The molecule has 6 rings (SSSR count). The molecule has 2 amide bonds. The van der Waals surface area contributed by atoms with Crippen LogP contribution >= 0.6 is 23.2 Å². The van der Waals surface area contributed by atoms with Crippen molar-refractivity contribution in [2.75, 3.05) is 14.2 Å². The summed E-state index contributed by atoms with van der Waals surface area (Å²) in [6.45, 7) is 0. The number of aromatic hydroxyl groups is 1. The predicted molar refractivity (Wildman–Crippen MR) is 119 cm³/mol. The van der Waals surface area contributed by atoms with Crippen molar-refractivity contribution in [1.82, 2.24) is 14.5 Å². The van der Waals surface area contributed by atoms with Gasteiger partial charge in [0, 0.05) is 33.9 Å². The van der Waals surface area contributed by atoms with Crippen molar-refractivity contribution >= 4 is 56.8 Å². The number of hydrogen-bond donors (Lipinski definition) is 4. The molecule has 4 aromatic rings. The van der Waals surface area contributed by atoms with E-state index in [1.54, 1.807) is 12.1 Å². The molecule has 2 atom stereocenters. The number of carbonyl (C=O) groups is 2. The van der Waals surface area contributed by atoms with Gasteiger partial charge in [-0.25, -0.2) is 0 Å². The lowest BCUT2D eigenvalue weighted by atomic mass is 9.79. The van der Waals surface area contributed by atoms with Gasteiger partial charge in [0.15, 0.2) is 5.75 Å². The van der Waals surface area contributed by atoms with Crippen LogP contribution in [0, 0.1) is 0 Å². The van der Waals surface area contributed by atoms with Crippen LogP contribution < -0.4 is 4.74 Å². The lowest BCUT2D eigenvalue weighted by Crippen LogP contribution is -2.58. The Bertz CT molecular complexity index is 1590. The molecule has 2 aromatic heterocycles. The number of aliphatic hydroxyl groups is 2. The molecule has 4 heterocycles. The highest BCUT2D eigenvalue weighted by Crippen LogP contribution is 2.59. The Kier molecular flexibility index (Phi) is 3.71. The lowest BCUT2D eigenvalue weighted by Gasteiger charge is -2.40. The second-order valence-electron chi connectivity index (χ2n) is 8.15. The third kappa shape index (κ3) is 2.03. The summed E-state index contributed by atoms with van der Waals surface area (Å²) in [5.74, 6) is -2.10. The van der Waals surface area contributed by atoms with E-state index in [2.05, 4.69) is 4.98 Å². The van der Waals surface area contributed by atoms with Gasteiger partial charge >= 0.3 is 0 Å². The Morgan fingerprint density at radius 3 is 2.48 bits per heavy atom. The molecule has 4 N–H and O–H groups in total. The fourth-order valence-corrected chi connectivity index (χ4v) is 5.49. The molecule has 0 saturated carbocycles. The summed E-state index contributed by atoms with van der Waals surface area (Å²) in [6, 6.07) is 7.48. The van der Waals surface area contributed by atoms with Gasteiger partial charge in [-0.05, 0) is 30.3 Å². The molecular weight excluding hydrogens is 473 g/mol. The number of ether oxygens (including phenoxy) is 1. The molecule has 2 aromatic carbocycles. The first-order chi connectivity index (χ1) is 15.6. The SMILES string of the molecule is COc1c2n(c3cc(Cl)c(O)cc13)[C@@]1(O)C(=O)N(C)C(=O)[C@@]1(O)c1c-2[nH]c2ccc(Cl)cc12. The van der Waals surface area contributed by atoms with Gasteiger partial charge in [0.05, 0.1) is 23.3 Å². The third-order valence-electron chi connectivity index (χ3n) is 6.60. The molecule has 1 fully saturated rings. The zero-order chi connectivity index (χ0) is 23.6. The van der Waals surface area contributed by atoms with Gasteiger partial charge in [0.25, 0.3) is 17.5 Å². The first kappa shape index (κ1) is 20.4. The monoisotopic (exact) mass is 487 g/mol. The molecule has 0 radical (unpaired) electrons. The van der Waals surface area contributed by atoms with E-state index in [4.69, 9.17) is 27.9 Å². The second-order valence-corrected chi connectivity index (χ2v) is 9.00. The molecule has 0 unspecified atom stereocenters. The third-order valence-corrected chi connectivity index (χ3v) is 7.14. The summed E-state index contributed by atoms with van der Waals surface area (Å²) in [7, 11) is 2.57. The average molecular weight is 488 g/mol. The largest absolute Gasteiger partial charge is 0.506 e. The van der Waals surface area contributed by atoms with Crippen molar-refractivity contribution in [3.8, 4) is 22.9 Å². The Morgan fingerprint density at radius 2 is 1.79 bits per heavy atom. The number of nitrogens with one attached hydrogen (secondary N) is 1. The van der Waals surface area contributed by atoms with Gasteiger partial charge < -0.3 is 25.0 Å². The fraction of sp³-hybridized carbons (Fsp3) is 0.182. The maximum absolute atomic E-state index is 13.4. The number of rotatable bonds is 1. The van der Waals surface area contributed by atoms with Crippen LogP contribution in [0.4, 0.5) is 0 Å². The molecule has 33 heavy (non-hydrogen) atoms. The highest BCUT2D eigenvalue weighted by molar-refractivity contribution is 6.33. The average Bonchev–Trinajstić information content (AvgIpc) is 3.35. The minimum Gasteiger partial charge on any atom is -0.506 e. The molecule has 9 nitrogen and oxygen atoms in total. The summed E-state index contributed by atoms with van der Waals surface area (Å²) in [5, 5.41) is 35.1. The van der Waals surface area contributed by atoms with Crippen molar-refractivity contribution in [3.63, 3.8) is 0 Å². The number of fused-ring (bicyclic) bond motifs is 10. The van der Waals surface area contributed by atoms with E-state index in [0.29, 0.717) is 26.2 Å². The molecule has 0 bridgehead atoms. The van der Waals surface area contributed by atoms with Gasteiger partial charge in [-0.3, -0.25) is 19.1 Å². The van der Waals surface area contributed by atoms with Crippen LogP contribution in [0.25, 0.3) is 33.2 Å². The number of phenolic OH excluding ortho intramolecular Hbond substituents is 1. The zero-order valence-corrected chi connectivity index (χ0v) is 18.6. The predicted octanol–water partition coefficient (Wildman–Crippen LogP) is 2.66. The molecule has 2 aliphatic rings. The number of phenols is 1. The number of hydrogen-bond acceptors (Lipinski definition) is 6. The van der Waals surface area contributed by atoms with Crippen molar-refractivity contribution in [1.29, 1.82) is 0 Å². The normalized spacial score (nSPS) is 23.9. The highest BCUT2D eigenvalue weighted by Gasteiger charge is 2.74. The van der Waals surface area contributed by atoms with E-state index < -0.39 is 23.1 Å². The number of halogens is 2. The number of aromatic nitrogens is 2. The van der Waals surface area contributed by atoms with Gasteiger partial charge in [-0.15, -0.1) is 0 Å². The number of imide groups is 1. The minimum atomic E-state index is -2.77. The first-order valence-corrected chi connectivity index (χ1v) is 10.5. The van der Waals surface area contributed by atoms with Crippen LogP contribution in [0.1, 0.15) is 5.56 Å². The summed E-state index contributed by atoms with van der Waals surface area (Å²) in [6.07, 6.45) is 0. The number of methoxy groups -OCH3 is 1. The van der Waals surface area contributed by atoms with Crippen molar-refractivity contribution in [3.05, 3.63) is 45.9 Å². The van der Waals surface area contributed by atoms with Crippen LogP contribution in [-0.4, -0.2) is 55.7 Å². The summed E-state index contributed by atoms with van der Waals surface area (Å²) in [5.41, 5.74) is -4.34. The molecular formula is C22H15Cl2N3O6. The van der Waals surface area contributed by atoms with E-state index in [9.17, 15) is 24.9 Å². The van der Waals surface area contributed by atoms with Crippen molar-refractivity contribution in [2.45, 2.75) is 11.3 Å². The Hall–Kier alpha value is -3.24. The number of benzene rings is 2. The molecule has 168 valence electrons. The van der Waals surface area contributed by atoms with Gasteiger partial charge in [0.1, 0.15) is 11.4 Å². The highest BCUT2D eigenvalue weighted by atomic mass is 35.5. The van der Waals surface area contributed by atoms with E-state index >= 15 is 0 Å². The summed E-state index contributed by atoms with van der Waals surface area (Å²) < 4.78 is 6.76. The van der Waals surface area contributed by atoms with Gasteiger partial charge in [-0.1, -0.05) is 23.2 Å². The first-order valence-electron chi connectivity index (χ1n) is 9.78. The summed E-state index contributed by atoms with van der Waals surface area (Å²) in [4.78, 5) is 30.6. The van der Waals surface area contributed by atoms with Crippen LogP contribution in [0.3, 0.4) is 0 Å². The van der Waals surface area contributed by atoms with E-state index in [-0.39, 0.29) is 39.0 Å². The van der Waals surface area contributed by atoms with Crippen molar-refractivity contribution in [2.24, 2.45) is 0 Å². The number of likely N-dealkylation sites (N-methyl/N-ethyl adjacent to an activating group) is 1. The Morgan fingerprint density at radius 1 is 1.06 bits per heavy atom. The maximum Gasteiger partial charge on any atom is 0.286 e. The number of carbonyl (C=O) groups excluding carboxylic acids is 2. The van der Waals surface area contributed by atoms with Gasteiger partial charge in [-0.2, -0.15) is 0 Å². The van der Waals surface area contributed by atoms with Crippen LogP contribution in [0.2, 0.25) is 10.0 Å². The standard InChI is InChI=1S/C22H15Cl2N3O6/c1-26-19(29)21(31)15-9-5-8(23)3-4-12(9)25-16(15)17-18(33-2)10-6-14(28)11(24)7-13(10)27(17)22(21,32)20(26)30/h3-7,25,28,31-32H,1-2H3/t21-,22+/m0/s1. The number of H-pyrrole nitrogens is 1. The second kappa shape index (κ2) is 6.00. The molecule has 1 saturated heterocycles. The number of nitrogens with zero attached hydrogens (tertiary/aromatic N) is 2. The number of aromatic amines is 1. The number of likely N-dealkylation sites (tertiary alicyclic amines) is 1. The van der Waals surface area contributed by atoms with Crippen LogP contribution in [0.15, 0.2) is 30.3 Å². The molecule has 0 aliphatic carbocycles. The Balaban J connectivity index is 1.93. The van der Waals surface area contributed by atoms with E-state index in [1.807, 2.05) is 0 Å². The molecule has 11 heteroatoms. The van der Waals surface area contributed by atoms with Crippen LogP contribution in [-0.2, 0) is 20.9 Å². The van der Waals surface area contributed by atoms with Gasteiger partial charge in [0.2, 0.25) is 5.60 Å². The smallest absolute Gasteiger partial charge is 0.286 e. The Labute approximate surface area is 195 Å². The zero-order valence-electron chi connectivity index (χ0n) is 17.1.